The predicted molar refractivity (Wildman–Crippen MR) is 65.5 cm³/mol. The lowest BCUT2D eigenvalue weighted by Gasteiger charge is -2.00. The first kappa shape index (κ1) is 11.3. The van der Waals surface area contributed by atoms with Gasteiger partial charge >= 0.3 is 0 Å². The van der Waals surface area contributed by atoms with Gasteiger partial charge in [-0.1, -0.05) is 0 Å². The molecular formula is C11H16N4S. The molecule has 0 radical (unpaired) electrons. The maximum absolute atomic E-state index is 4.40. The second-order valence-corrected chi connectivity index (χ2v) is 4.77. The third-order valence-electron chi connectivity index (χ3n) is 2.29. The molecule has 0 amide bonds. The standard InChI is InChI=1S/C11H16N4S/c1-9-8-16-11(14-9)6-12-4-3-10-5-13-15(2)7-10/h5,7-8,12H,3-4,6H2,1-2H3. The van der Waals surface area contributed by atoms with Gasteiger partial charge in [-0.05, 0) is 25.5 Å². The van der Waals surface area contributed by atoms with Crippen molar-refractivity contribution in [3.05, 3.63) is 34.0 Å². The van der Waals surface area contributed by atoms with Crippen LogP contribution in [-0.4, -0.2) is 21.3 Å². The van der Waals surface area contributed by atoms with Crippen LogP contribution in [0.5, 0.6) is 0 Å². The minimum atomic E-state index is 0.860. The first-order valence-electron chi connectivity index (χ1n) is 5.33. The molecule has 0 atom stereocenters. The Hall–Kier alpha value is -1.20. The highest BCUT2D eigenvalue weighted by molar-refractivity contribution is 7.09. The Balaban J connectivity index is 1.69. The Morgan fingerprint density at radius 1 is 1.50 bits per heavy atom. The number of hydrogen-bond acceptors (Lipinski definition) is 4. The maximum atomic E-state index is 4.40. The highest BCUT2D eigenvalue weighted by Gasteiger charge is 1.99. The summed E-state index contributed by atoms with van der Waals surface area (Å²) in [5.41, 5.74) is 2.37. The summed E-state index contributed by atoms with van der Waals surface area (Å²) in [6, 6.07) is 0. The molecule has 2 aromatic rings. The number of nitrogens with zero attached hydrogens (tertiary/aromatic N) is 3. The van der Waals surface area contributed by atoms with Crippen molar-refractivity contribution in [1.29, 1.82) is 0 Å². The smallest absolute Gasteiger partial charge is 0.107 e. The first-order valence-corrected chi connectivity index (χ1v) is 6.21. The van der Waals surface area contributed by atoms with E-state index in [2.05, 4.69) is 27.0 Å². The summed E-state index contributed by atoms with van der Waals surface area (Å²) < 4.78 is 1.83. The molecule has 2 heterocycles. The monoisotopic (exact) mass is 236 g/mol. The molecule has 0 aliphatic rings. The van der Waals surface area contributed by atoms with Crippen LogP contribution in [0.25, 0.3) is 0 Å². The quantitative estimate of drug-likeness (QED) is 0.800. The Morgan fingerprint density at radius 3 is 3.00 bits per heavy atom. The molecule has 0 saturated heterocycles. The van der Waals surface area contributed by atoms with Crippen LogP contribution in [0.3, 0.4) is 0 Å². The van der Waals surface area contributed by atoms with E-state index in [4.69, 9.17) is 0 Å². The number of rotatable bonds is 5. The number of nitrogens with one attached hydrogen (secondary N) is 1. The Morgan fingerprint density at radius 2 is 2.38 bits per heavy atom. The molecule has 0 aliphatic heterocycles. The van der Waals surface area contributed by atoms with Gasteiger partial charge in [0, 0.05) is 30.9 Å². The lowest BCUT2D eigenvalue weighted by Crippen LogP contribution is -2.16. The summed E-state index contributed by atoms with van der Waals surface area (Å²) in [6.45, 7) is 3.85. The van der Waals surface area contributed by atoms with E-state index in [-0.39, 0.29) is 0 Å². The normalized spacial score (nSPS) is 10.9. The zero-order valence-electron chi connectivity index (χ0n) is 9.60. The highest BCUT2D eigenvalue weighted by Crippen LogP contribution is 2.07. The van der Waals surface area contributed by atoms with Gasteiger partial charge in [-0.25, -0.2) is 4.98 Å². The van der Waals surface area contributed by atoms with Crippen molar-refractivity contribution < 1.29 is 0 Å². The van der Waals surface area contributed by atoms with Crippen LogP contribution in [0.4, 0.5) is 0 Å². The summed E-state index contributed by atoms with van der Waals surface area (Å²) in [6.07, 6.45) is 4.97. The molecule has 0 saturated carbocycles. The van der Waals surface area contributed by atoms with Gasteiger partial charge in [0.15, 0.2) is 0 Å². The average molecular weight is 236 g/mol. The topological polar surface area (TPSA) is 42.7 Å². The zero-order chi connectivity index (χ0) is 11.4. The molecule has 0 fully saturated rings. The molecule has 5 heteroatoms. The SMILES string of the molecule is Cc1csc(CNCCc2cnn(C)c2)n1. The van der Waals surface area contributed by atoms with Crippen molar-refractivity contribution >= 4 is 11.3 Å². The second kappa shape index (κ2) is 5.23. The van der Waals surface area contributed by atoms with Gasteiger partial charge in [0.25, 0.3) is 0 Å². The fourth-order valence-corrected chi connectivity index (χ4v) is 2.25. The van der Waals surface area contributed by atoms with Crippen LogP contribution in [0, 0.1) is 6.92 Å². The number of hydrogen-bond donors (Lipinski definition) is 1. The first-order chi connectivity index (χ1) is 7.74. The number of aromatic nitrogens is 3. The van der Waals surface area contributed by atoms with Crippen LogP contribution < -0.4 is 5.32 Å². The molecule has 0 aromatic carbocycles. The van der Waals surface area contributed by atoms with E-state index >= 15 is 0 Å². The van der Waals surface area contributed by atoms with Crippen LogP contribution in [0.15, 0.2) is 17.8 Å². The van der Waals surface area contributed by atoms with E-state index in [1.807, 2.05) is 24.9 Å². The molecule has 2 aromatic heterocycles. The predicted octanol–water partition coefficient (Wildman–Crippen LogP) is 1.52. The highest BCUT2D eigenvalue weighted by atomic mass is 32.1. The largest absolute Gasteiger partial charge is 0.310 e. The van der Waals surface area contributed by atoms with E-state index in [9.17, 15) is 0 Å². The van der Waals surface area contributed by atoms with Crippen molar-refractivity contribution in [2.45, 2.75) is 19.9 Å². The second-order valence-electron chi connectivity index (χ2n) is 3.83. The van der Waals surface area contributed by atoms with E-state index in [0.717, 1.165) is 30.2 Å². The van der Waals surface area contributed by atoms with Gasteiger partial charge in [0.1, 0.15) is 5.01 Å². The van der Waals surface area contributed by atoms with Crippen LogP contribution >= 0.6 is 11.3 Å². The molecule has 16 heavy (non-hydrogen) atoms. The van der Waals surface area contributed by atoms with E-state index in [1.165, 1.54) is 5.56 Å². The molecule has 1 N–H and O–H groups in total. The Bertz CT molecular complexity index is 404. The van der Waals surface area contributed by atoms with Crippen LogP contribution in [-0.2, 0) is 20.0 Å². The number of thiazole rings is 1. The minimum absolute atomic E-state index is 0.860. The molecule has 0 aliphatic carbocycles. The van der Waals surface area contributed by atoms with Crippen LogP contribution in [0.1, 0.15) is 16.3 Å². The average Bonchev–Trinajstić information content (AvgIpc) is 2.83. The third kappa shape index (κ3) is 3.15. The summed E-state index contributed by atoms with van der Waals surface area (Å²) >= 11 is 1.71. The van der Waals surface area contributed by atoms with Gasteiger partial charge in [0.2, 0.25) is 0 Å². The lowest BCUT2D eigenvalue weighted by atomic mass is 10.2. The maximum Gasteiger partial charge on any atom is 0.107 e. The van der Waals surface area contributed by atoms with Crippen molar-refractivity contribution in [3.63, 3.8) is 0 Å². The molecule has 0 unspecified atom stereocenters. The molecule has 0 spiro atoms. The third-order valence-corrected chi connectivity index (χ3v) is 3.26. The van der Waals surface area contributed by atoms with Crippen molar-refractivity contribution in [3.8, 4) is 0 Å². The van der Waals surface area contributed by atoms with Gasteiger partial charge in [-0.2, -0.15) is 5.10 Å². The van der Waals surface area contributed by atoms with Gasteiger partial charge < -0.3 is 5.32 Å². The molecule has 0 bridgehead atoms. The van der Waals surface area contributed by atoms with E-state index in [1.54, 1.807) is 11.3 Å². The van der Waals surface area contributed by atoms with Gasteiger partial charge in [-0.15, -0.1) is 11.3 Å². The summed E-state index contributed by atoms with van der Waals surface area (Å²) in [7, 11) is 1.94. The lowest BCUT2D eigenvalue weighted by molar-refractivity contribution is 0.682. The van der Waals surface area contributed by atoms with Gasteiger partial charge in [0.05, 0.1) is 6.20 Å². The fourth-order valence-electron chi connectivity index (χ4n) is 1.51. The van der Waals surface area contributed by atoms with Crippen LogP contribution in [0.2, 0.25) is 0 Å². The molecule has 2 rings (SSSR count). The van der Waals surface area contributed by atoms with E-state index in [0.29, 0.717) is 0 Å². The number of aryl methyl sites for hydroxylation is 2. The van der Waals surface area contributed by atoms with Crippen molar-refractivity contribution in [2.24, 2.45) is 7.05 Å². The molecule has 86 valence electrons. The Kier molecular flexibility index (Phi) is 3.69. The zero-order valence-corrected chi connectivity index (χ0v) is 10.4. The summed E-state index contributed by atoms with van der Waals surface area (Å²) in [4.78, 5) is 4.40. The van der Waals surface area contributed by atoms with E-state index < -0.39 is 0 Å². The van der Waals surface area contributed by atoms with Gasteiger partial charge in [-0.3, -0.25) is 4.68 Å². The van der Waals surface area contributed by atoms with Crippen molar-refractivity contribution in [1.82, 2.24) is 20.1 Å². The minimum Gasteiger partial charge on any atom is -0.310 e. The summed E-state index contributed by atoms with van der Waals surface area (Å²) in [5, 5.41) is 10.8. The summed E-state index contributed by atoms with van der Waals surface area (Å²) in [5.74, 6) is 0. The van der Waals surface area contributed by atoms with Crippen molar-refractivity contribution in [2.75, 3.05) is 6.54 Å². The molecule has 4 nitrogen and oxygen atoms in total. The fraction of sp³-hybridized carbons (Fsp3) is 0.455. The Labute approximate surface area is 99.3 Å². The molecular weight excluding hydrogens is 220 g/mol.